The van der Waals surface area contributed by atoms with Crippen LogP contribution in [0.5, 0.6) is 0 Å². The van der Waals surface area contributed by atoms with Crippen LogP contribution in [0, 0.1) is 6.92 Å². The molecule has 2 heterocycles. The molecule has 30 heavy (non-hydrogen) atoms. The van der Waals surface area contributed by atoms with E-state index in [0.717, 1.165) is 22.6 Å². The summed E-state index contributed by atoms with van der Waals surface area (Å²) in [5.41, 5.74) is 5.23. The van der Waals surface area contributed by atoms with Gasteiger partial charge in [0.1, 0.15) is 11.7 Å². The van der Waals surface area contributed by atoms with E-state index in [2.05, 4.69) is 39.8 Å². The second kappa shape index (κ2) is 8.02. The number of rotatable bonds is 4. The van der Waals surface area contributed by atoms with E-state index in [0.29, 0.717) is 13.0 Å². The number of para-hydroxylation sites is 2. The van der Waals surface area contributed by atoms with Crippen molar-refractivity contribution in [2.24, 2.45) is 0 Å². The molecule has 1 atom stereocenters. The largest absolute Gasteiger partial charge is 0.370 e. The molecule has 0 aliphatic carbocycles. The fourth-order valence-electron chi connectivity index (χ4n) is 3.71. The summed E-state index contributed by atoms with van der Waals surface area (Å²) in [7, 11) is 3.65. The van der Waals surface area contributed by atoms with Gasteiger partial charge in [0.25, 0.3) is 11.8 Å². The topological polar surface area (TPSA) is 81.3 Å². The van der Waals surface area contributed by atoms with Crippen molar-refractivity contribution < 1.29 is 9.59 Å². The number of benzene rings is 2. The highest BCUT2D eigenvalue weighted by molar-refractivity contribution is 6.04. The Morgan fingerprint density at radius 3 is 2.57 bits per heavy atom. The Bertz CT molecular complexity index is 1070. The van der Waals surface area contributed by atoms with Crippen LogP contribution in [0.3, 0.4) is 0 Å². The van der Waals surface area contributed by atoms with Crippen LogP contribution in [0.1, 0.15) is 27.3 Å². The number of hydrogen-bond acceptors (Lipinski definition) is 4. The number of aryl methyl sites for hydroxylation is 1. The summed E-state index contributed by atoms with van der Waals surface area (Å²) in [6.45, 7) is 2.43. The first-order valence-electron chi connectivity index (χ1n) is 9.91. The van der Waals surface area contributed by atoms with Crippen molar-refractivity contribution in [1.82, 2.24) is 15.5 Å². The monoisotopic (exact) mass is 403 g/mol. The number of fused-ring (bicyclic) bond motifs is 1. The smallest absolute Gasteiger partial charge is 0.272 e. The van der Waals surface area contributed by atoms with Crippen molar-refractivity contribution in [2.75, 3.05) is 30.4 Å². The molecule has 0 radical (unpaired) electrons. The van der Waals surface area contributed by atoms with E-state index in [9.17, 15) is 9.59 Å². The van der Waals surface area contributed by atoms with Crippen molar-refractivity contribution in [3.63, 3.8) is 0 Å². The Morgan fingerprint density at radius 1 is 1.13 bits per heavy atom. The second-order valence-electron chi connectivity index (χ2n) is 7.73. The molecule has 1 aromatic heterocycles. The van der Waals surface area contributed by atoms with Crippen molar-refractivity contribution in [3.05, 3.63) is 77.1 Å². The minimum absolute atomic E-state index is 0.157. The molecule has 154 valence electrons. The summed E-state index contributed by atoms with van der Waals surface area (Å²) in [6, 6.07) is 17.0. The normalized spacial score (nSPS) is 16.2. The molecule has 0 unspecified atom stereocenters. The van der Waals surface area contributed by atoms with E-state index in [4.69, 9.17) is 0 Å². The average Bonchev–Trinajstić information content (AvgIpc) is 3.19. The Hall–Kier alpha value is -3.61. The zero-order valence-corrected chi connectivity index (χ0v) is 17.3. The van der Waals surface area contributed by atoms with Gasteiger partial charge in [0.15, 0.2) is 0 Å². The van der Waals surface area contributed by atoms with Crippen molar-refractivity contribution in [3.8, 4) is 0 Å². The minimum atomic E-state index is -0.669. The molecule has 2 aromatic carbocycles. The van der Waals surface area contributed by atoms with Crippen molar-refractivity contribution in [1.29, 1.82) is 0 Å². The number of carbonyl (C=O) groups is 2. The Balaban J connectivity index is 1.47. The van der Waals surface area contributed by atoms with E-state index in [-0.39, 0.29) is 17.5 Å². The van der Waals surface area contributed by atoms with Crippen LogP contribution in [0.4, 0.5) is 11.4 Å². The van der Waals surface area contributed by atoms with Gasteiger partial charge in [-0.25, -0.2) is 0 Å². The van der Waals surface area contributed by atoms with Gasteiger partial charge in [0.05, 0.1) is 11.4 Å². The lowest BCUT2D eigenvalue weighted by molar-refractivity contribution is -0.119. The number of H-pyrrole nitrogens is 1. The highest BCUT2D eigenvalue weighted by Gasteiger charge is 2.32. The predicted molar refractivity (Wildman–Crippen MR) is 117 cm³/mol. The highest BCUT2D eigenvalue weighted by Crippen LogP contribution is 2.30. The number of aromatic amines is 1. The maximum atomic E-state index is 13.0. The van der Waals surface area contributed by atoms with Gasteiger partial charge in [-0.15, -0.1) is 0 Å². The molecular weight excluding hydrogens is 378 g/mol. The molecule has 0 saturated carbocycles. The van der Waals surface area contributed by atoms with Gasteiger partial charge in [-0.2, -0.15) is 5.10 Å². The fraction of sp³-hybridized carbons (Fsp3) is 0.261. The molecule has 0 bridgehead atoms. The third-order valence-corrected chi connectivity index (χ3v) is 5.42. The van der Waals surface area contributed by atoms with Crippen LogP contribution in [0.25, 0.3) is 0 Å². The van der Waals surface area contributed by atoms with Crippen LogP contribution in [-0.4, -0.2) is 48.7 Å². The molecule has 7 nitrogen and oxygen atoms in total. The molecule has 1 aliphatic heterocycles. The molecule has 1 aliphatic rings. The standard InChI is InChI=1S/C23H25N5O2/c1-15-8-10-16(11-9-15)12-17-13-18(26-25-17)22(29)24-19-14-27(2)20-6-4-5-7-21(20)28(3)23(19)30/h4-11,13,19H,12,14H2,1-3H3,(H,24,29)(H,25,26)/t19-/m0/s1. The number of carbonyl (C=O) groups excluding carboxylic acids is 2. The van der Waals surface area contributed by atoms with E-state index < -0.39 is 6.04 Å². The maximum absolute atomic E-state index is 13.0. The van der Waals surface area contributed by atoms with Crippen LogP contribution in [0.15, 0.2) is 54.6 Å². The van der Waals surface area contributed by atoms with Gasteiger partial charge >= 0.3 is 0 Å². The third kappa shape index (κ3) is 3.91. The molecule has 2 amide bonds. The zero-order valence-electron chi connectivity index (χ0n) is 17.3. The van der Waals surface area contributed by atoms with Crippen LogP contribution in [-0.2, 0) is 11.2 Å². The SMILES string of the molecule is Cc1ccc(Cc2cc(C(=O)N[C@H]3CN(C)c4ccccc4N(C)C3=O)n[nH]2)cc1. The van der Waals surface area contributed by atoms with Crippen LogP contribution >= 0.6 is 0 Å². The molecule has 0 saturated heterocycles. The lowest BCUT2D eigenvalue weighted by Crippen LogP contribution is -2.51. The van der Waals surface area contributed by atoms with E-state index in [1.54, 1.807) is 18.0 Å². The van der Waals surface area contributed by atoms with E-state index in [1.807, 2.05) is 43.1 Å². The molecule has 2 N–H and O–H groups in total. The van der Waals surface area contributed by atoms with Gasteiger partial charge in [-0.1, -0.05) is 42.0 Å². The summed E-state index contributed by atoms with van der Waals surface area (Å²) in [5, 5.41) is 9.92. The average molecular weight is 403 g/mol. The molecule has 0 fully saturated rings. The molecule has 0 spiro atoms. The number of likely N-dealkylation sites (N-methyl/N-ethyl adjacent to an activating group) is 2. The van der Waals surface area contributed by atoms with Crippen molar-refractivity contribution >= 4 is 23.2 Å². The van der Waals surface area contributed by atoms with E-state index >= 15 is 0 Å². The van der Waals surface area contributed by atoms with Gasteiger partial charge in [0, 0.05) is 32.8 Å². The number of hydrogen-bond donors (Lipinski definition) is 2. The van der Waals surface area contributed by atoms with Gasteiger partial charge < -0.3 is 15.1 Å². The number of nitrogens with zero attached hydrogens (tertiary/aromatic N) is 3. The summed E-state index contributed by atoms with van der Waals surface area (Å²) in [4.78, 5) is 29.3. The highest BCUT2D eigenvalue weighted by atomic mass is 16.2. The Morgan fingerprint density at radius 2 is 1.83 bits per heavy atom. The first-order valence-corrected chi connectivity index (χ1v) is 9.91. The van der Waals surface area contributed by atoms with Crippen LogP contribution < -0.4 is 15.1 Å². The second-order valence-corrected chi connectivity index (χ2v) is 7.73. The van der Waals surface area contributed by atoms with Gasteiger partial charge in [0.2, 0.25) is 0 Å². The fourth-order valence-corrected chi connectivity index (χ4v) is 3.71. The Kier molecular flexibility index (Phi) is 5.27. The molecule has 4 rings (SSSR count). The third-order valence-electron chi connectivity index (χ3n) is 5.42. The Labute approximate surface area is 175 Å². The number of nitrogens with one attached hydrogen (secondary N) is 2. The summed E-state index contributed by atoms with van der Waals surface area (Å²) in [5.74, 6) is -0.525. The first kappa shape index (κ1) is 19.7. The summed E-state index contributed by atoms with van der Waals surface area (Å²) in [6.07, 6.45) is 0.656. The minimum Gasteiger partial charge on any atom is -0.370 e. The zero-order chi connectivity index (χ0) is 21.3. The lowest BCUT2D eigenvalue weighted by atomic mass is 10.1. The molecular formula is C23H25N5O2. The van der Waals surface area contributed by atoms with Gasteiger partial charge in [-0.05, 0) is 30.7 Å². The summed E-state index contributed by atoms with van der Waals surface area (Å²) < 4.78 is 0. The molecule has 3 aromatic rings. The maximum Gasteiger partial charge on any atom is 0.272 e. The molecule has 7 heteroatoms. The number of aromatic nitrogens is 2. The van der Waals surface area contributed by atoms with E-state index in [1.165, 1.54) is 5.56 Å². The van der Waals surface area contributed by atoms with Gasteiger partial charge in [-0.3, -0.25) is 14.7 Å². The predicted octanol–water partition coefficient (Wildman–Crippen LogP) is 2.52. The number of anilines is 2. The summed E-state index contributed by atoms with van der Waals surface area (Å²) >= 11 is 0. The van der Waals surface area contributed by atoms with Crippen LogP contribution in [0.2, 0.25) is 0 Å². The lowest BCUT2D eigenvalue weighted by Gasteiger charge is -2.22. The number of amides is 2. The quantitative estimate of drug-likeness (QED) is 0.701. The van der Waals surface area contributed by atoms with Crippen molar-refractivity contribution in [2.45, 2.75) is 19.4 Å². The first-order chi connectivity index (χ1) is 14.4.